The second-order valence-electron chi connectivity index (χ2n) is 9.84. The Morgan fingerprint density at radius 1 is 1.11 bits per heavy atom. The molecule has 0 aliphatic carbocycles. The summed E-state index contributed by atoms with van der Waals surface area (Å²) in [7, 11) is 3.94. The summed E-state index contributed by atoms with van der Waals surface area (Å²) in [5, 5.41) is 11.4. The molecule has 2 aromatic carbocycles. The summed E-state index contributed by atoms with van der Waals surface area (Å²) in [6.07, 6.45) is 0.697. The van der Waals surface area contributed by atoms with Gasteiger partial charge in [0.05, 0.1) is 24.8 Å². The van der Waals surface area contributed by atoms with E-state index in [0.29, 0.717) is 49.2 Å². The summed E-state index contributed by atoms with van der Waals surface area (Å²) in [4.78, 5) is 30.1. The molecule has 1 fully saturated rings. The van der Waals surface area contributed by atoms with Gasteiger partial charge < -0.3 is 24.4 Å². The van der Waals surface area contributed by atoms with Gasteiger partial charge in [-0.3, -0.25) is 9.59 Å². The van der Waals surface area contributed by atoms with E-state index in [0.717, 1.165) is 17.7 Å². The van der Waals surface area contributed by atoms with Crippen LogP contribution in [0.4, 0.5) is 0 Å². The highest BCUT2D eigenvalue weighted by atomic mass is 16.5. The van der Waals surface area contributed by atoms with Gasteiger partial charge in [0.15, 0.2) is 0 Å². The van der Waals surface area contributed by atoms with Crippen LogP contribution in [0.3, 0.4) is 0 Å². The quantitative estimate of drug-likeness (QED) is 0.275. The average Bonchev–Trinajstić information content (AvgIpc) is 3.08. The van der Waals surface area contributed by atoms with Gasteiger partial charge in [0.1, 0.15) is 17.3 Å². The number of hydrogen-bond donors (Lipinski definition) is 1. The fourth-order valence-corrected chi connectivity index (χ4v) is 4.32. The summed E-state index contributed by atoms with van der Waals surface area (Å²) in [5.41, 5.74) is 2.13. The lowest BCUT2D eigenvalue weighted by Crippen LogP contribution is -2.32. The third kappa shape index (κ3) is 6.26. The molecule has 0 saturated carbocycles. The molecule has 0 radical (unpaired) electrons. The smallest absolute Gasteiger partial charge is 0.295 e. The Morgan fingerprint density at radius 2 is 1.86 bits per heavy atom. The Balaban J connectivity index is 2.08. The predicted molar refractivity (Wildman–Crippen MR) is 141 cm³/mol. The van der Waals surface area contributed by atoms with E-state index in [1.54, 1.807) is 23.1 Å². The van der Waals surface area contributed by atoms with Crippen molar-refractivity contribution in [3.8, 4) is 11.5 Å². The van der Waals surface area contributed by atoms with E-state index in [1.165, 1.54) is 0 Å². The van der Waals surface area contributed by atoms with Crippen molar-refractivity contribution in [3.05, 3.63) is 64.7 Å². The largest absolute Gasteiger partial charge is 0.507 e. The first kappa shape index (κ1) is 27.3. The van der Waals surface area contributed by atoms with Crippen molar-refractivity contribution in [1.29, 1.82) is 0 Å². The van der Waals surface area contributed by atoms with Crippen molar-refractivity contribution in [3.63, 3.8) is 0 Å². The first-order valence-corrected chi connectivity index (χ1v) is 12.5. The number of aryl methyl sites for hydroxylation is 1. The standard InChI is InChI=1S/C29H38N2O5/c1-7-35-24-13-12-22(16-20(24)4)27(32)25-26(21-10-8-11-23(17-21)36-18-19(2)3)31(29(34)28(25)33)15-9-14-30(5)6/h8,10-13,16-17,19,26,32H,7,9,14-15,18H2,1-6H3/b27-25+. The second kappa shape index (κ2) is 12.1. The van der Waals surface area contributed by atoms with Crippen LogP contribution in [0.1, 0.15) is 49.9 Å². The zero-order valence-corrected chi connectivity index (χ0v) is 22.2. The minimum Gasteiger partial charge on any atom is -0.507 e. The number of ether oxygens (including phenoxy) is 2. The number of Topliss-reactive ketones (excluding diaryl/α,β-unsaturated/α-hetero) is 1. The molecule has 1 unspecified atom stereocenters. The Morgan fingerprint density at radius 3 is 2.50 bits per heavy atom. The minimum atomic E-state index is -0.707. The van der Waals surface area contributed by atoms with Crippen LogP contribution in [0.25, 0.3) is 5.76 Å². The van der Waals surface area contributed by atoms with Gasteiger partial charge in [-0.1, -0.05) is 26.0 Å². The van der Waals surface area contributed by atoms with Crippen molar-refractivity contribution >= 4 is 17.4 Å². The lowest BCUT2D eigenvalue weighted by molar-refractivity contribution is -0.139. The molecule has 1 N–H and O–H groups in total. The lowest BCUT2D eigenvalue weighted by atomic mass is 9.94. The summed E-state index contributed by atoms with van der Waals surface area (Å²) in [6, 6.07) is 12.0. The molecule has 7 nitrogen and oxygen atoms in total. The number of ketones is 1. The van der Waals surface area contributed by atoms with Gasteiger partial charge in [-0.2, -0.15) is 0 Å². The molecule has 0 spiro atoms. The van der Waals surface area contributed by atoms with Gasteiger partial charge in [-0.15, -0.1) is 0 Å². The van der Waals surface area contributed by atoms with Gasteiger partial charge >= 0.3 is 0 Å². The summed E-state index contributed by atoms with van der Waals surface area (Å²) in [5.74, 6) is 0.266. The maximum atomic E-state index is 13.3. The Bertz CT molecular complexity index is 1120. The topological polar surface area (TPSA) is 79.3 Å². The first-order valence-electron chi connectivity index (χ1n) is 12.5. The highest BCUT2D eigenvalue weighted by Crippen LogP contribution is 2.40. The van der Waals surface area contributed by atoms with Crippen molar-refractivity contribution in [1.82, 2.24) is 9.80 Å². The van der Waals surface area contributed by atoms with Crippen LogP contribution in [0.2, 0.25) is 0 Å². The molecule has 1 heterocycles. The molecule has 1 aliphatic rings. The van der Waals surface area contributed by atoms with Crippen LogP contribution < -0.4 is 9.47 Å². The third-order valence-electron chi connectivity index (χ3n) is 6.05. The Kier molecular flexibility index (Phi) is 9.15. The van der Waals surface area contributed by atoms with E-state index < -0.39 is 17.7 Å². The molecule has 1 amide bonds. The molecule has 36 heavy (non-hydrogen) atoms. The Labute approximate surface area is 214 Å². The lowest BCUT2D eigenvalue weighted by Gasteiger charge is -2.26. The maximum absolute atomic E-state index is 13.3. The van der Waals surface area contributed by atoms with Gasteiger partial charge in [0.25, 0.3) is 11.7 Å². The SMILES string of the molecule is CCOc1ccc(/C(O)=C2\C(=O)C(=O)N(CCCN(C)C)C2c2cccc(OCC(C)C)c2)cc1C. The van der Waals surface area contributed by atoms with E-state index in [-0.39, 0.29) is 11.3 Å². The molecule has 7 heteroatoms. The predicted octanol–water partition coefficient (Wildman–Crippen LogP) is 4.80. The van der Waals surface area contributed by atoms with E-state index >= 15 is 0 Å². The number of aliphatic hydroxyl groups is 1. The number of aliphatic hydroxyl groups excluding tert-OH is 1. The van der Waals surface area contributed by atoms with Gasteiger partial charge in [-0.05, 0) is 88.3 Å². The highest BCUT2D eigenvalue weighted by Gasteiger charge is 2.46. The van der Waals surface area contributed by atoms with Crippen LogP contribution in [-0.4, -0.2) is 67.0 Å². The van der Waals surface area contributed by atoms with E-state index in [2.05, 4.69) is 13.8 Å². The maximum Gasteiger partial charge on any atom is 0.295 e. The molecule has 3 rings (SSSR count). The minimum absolute atomic E-state index is 0.0921. The number of rotatable bonds is 11. The summed E-state index contributed by atoms with van der Waals surface area (Å²) in [6.45, 7) is 10.2. The molecule has 2 aromatic rings. The first-order chi connectivity index (χ1) is 17.1. The van der Waals surface area contributed by atoms with Crippen LogP contribution in [0.5, 0.6) is 11.5 Å². The molecule has 0 aromatic heterocycles. The number of carbonyl (C=O) groups excluding carboxylic acids is 2. The number of benzene rings is 2. The number of carbonyl (C=O) groups is 2. The van der Waals surface area contributed by atoms with E-state index in [9.17, 15) is 14.7 Å². The number of likely N-dealkylation sites (tertiary alicyclic amines) is 1. The molecule has 1 saturated heterocycles. The molecule has 194 valence electrons. The Hall–Kier alpha value is -3.32. The van der Waals surface area contributed by atoms with Crippen molar-refractivity contribution in [2.45, 2.75) is 40.2 Å². The number of nitrogens with zero attached hydrogens (tertiary/aromatic N) is 2. The average molecular weight is 495 g/mol. The molecular weight excluding hydrogens is 456 g/mol. The number of hydrogen-bond acceptors (Lipinski definition) is 6. The van der Waals surface area contributed by atoms with Crippen LogP contribution in [0, 0.1) is 12.8 Å². The fraction of sp³-hybridized carbons (Fsp3) is 0.448. The van der Waals surface area contributed by atoms with Crippen molar-refractivity contribution in [2.75, 3.05) is 40.4 Å². The zero-order valence-electron chi connectivity index (χ0n) is 22.2. The van der Waals surface area contributed by atoms with Gasteiger partial charge in [0, 0.05) is 12.1 Å². The number of amides is 1. The fourth-order valence-electron chi connectivity index (χ4n) is 4.32. The molecule has 1 atom stereocenters. The van der Waals surface area contributed by atoms with E-state index in [4.69, 9.17) is 9.47 Å². The monoisotopic (exact) mass is 494 g/mol. The summed E-state index contributed by atoms with van der Waals surface area (Å²) < 4.78 is 11.5. The van der Waals surface area contributed by atoms with Gasteiger partial charge in [-0.25, -0.2) is 0 Å². The highest BCUT2D eigenvalue weighted by molar-refractivity contribution is 6.46. The zero-order chi connectivity index (χ0) is 26.4. The second-order valence-corrected chi connectivity index (χ2v) is 9.84. The van der Waals surface area contributed by atoms with Crippen LogP contribution >= 0.6 is 0 Å². The van der Waals surface area contributed by atoms with Crippen molar-refractivity contribution in [2.24, 2.45) is 5.92 Å². The van der Waals surface area contributed by atoms with Crippen LogP contribution in [0.15, 0.2) is 48.0 Å². The third-order valence-corrected chi connectivity index (χ3v) is 6.05. The van der Waals surface area contributed by atoms with Crippen LogP contribution in [-0.2, 0) is 9.59 Å². The molecular formula is C29H38N2O5. The molecule has 0 bridgehead atoms. The van der Waals surface area contributed by atoms with E-state index in [1.807, 2.05) is 57.1 Å². The van der Waals surface area contributed by atoms with Gasteiger partial charge in [0.2, 0.25) is 0 Å². The normalized spacial score (nSPS) is 17.3. The molecule has 1 aliphatic heterocycles. The summed E-state index contributed by atoms with van der Waals surface area (Å²) >= 11 is 0. The van der Waals surface area contributed by atoms with Crippen molar-refractivity contribution < 1.29 is 24.2 Å².